The molecule has 1 N–H and O–H groups in total. The molecule has 0 spiro atoms. The molecule has 0 aliphatic carbocycles. The van der Waals surface area contributed by atoms with Gasteiger partial charge in [0.25, 0.3) is 0 Å². The van der Waals surface area contributed by atoms with Crippen molar-refractivity contribution in [1.29, 1.82) is 0 Å². The third-order valence-corrected chi connectivity index (χ3v) is 2.40. The standard InChI is InChI=1S/C8H15NO/c1-7(10)8-5-3-4-6-9(8)2/h8H,3-6H2,1-2H3/p+1. The van der Waals surface area contributed by atoms with Crippen LogP contribution in [-0.4, -0.2) is 25.4 Å². The van der Waals surface area contributed by atoms with Gasteiger partial charge in [-0.05, 0) is 12.8 Å². The number of hydrogen-bond acceptors (Lipinski definition) is 1. The van der Waals surface area contributed by atoms with Gasteiger partial charge in [0.05, 0.1) is 13.6 Å². The summed E-state index contributed by atoms with van der Waals surface area (Å²) in [5.74, 6) is 0.359. The van der Waals surface area contributed by atoms with E-state index < -0.39 is 0 Å². The molecular formula is C8H16NO+. The second-order valence-corrected chi connectivity index (χ2v) is 3.26. The molecule has 1 saturated heterocycles. The molecule has 0 aromatic carbocycles. The van der Waals surface area contributed by atoms with Crippen LogP contribution in [0.25, 0.3) is 0 Å². The van der Waals surface area contributed by atoms with Crippen molar-refractivity contribution in [2.75, 3.05) is 13.6 Å². The van der Waals surface area contributed by atoms with E-state index in [-0.39, 0.29) is 0 Å². The van der Waals surface area contributed by atoms with E-state index in [0.717, 1.165) is 6.42 Å². The van der Waals surface area contributed by atoms with E-state index in [1.54, 1.807) is 6.92 Å². The Kier molecular flexibility index (Phi) is 2.44. The molecule has 0 radical (unpaired) electrons. The third-order valence-electron chi connectivity index (χ3n) is 2.40. The summed E-state index contributed by atoms with van der Waals surface area (Å²) in [6.45, 7) is 2.88. The predicted octanol–water partition coefficient (Wildman–Crippen LogP) is -0.357. The van der Waals surface area contributed by atoms with Crippen molar-refractivity contribution < 1.29 is 9.69 Å². The highest BCUT2D eigenvalue weighted by Crippen LogP contribution is 2.02. The van der Waals surface area contributed by atoms with Gasteiger partial charge in [0.1, 0.15) is 6.04 Å². The topological polar surface area (TPSA) is 21.5 Å². The highest BCUT2D eigenvalue weighted by Gasteiger charge is 2.25. The molecule has 0 amide bonds. The lowest BCUT2D eigenvalue weighted by Crippen LogP contribution is -3.14. The Bertz CT molecular complexity index is 133. The van der Waals surface area contributed by atoms with Crippen molar-refractivity contribution in [2.24, 2.45) is 0 Å². The first kappa shape index (κ1) is 7.73. The quantitative estimate of drug-likeness (QED) is 0.530. The molecule has 2 heteroatoms. The van der Waals surface area contributed by atoms with Crippen LogP contribution >= 0.6 is 0 Å². The van der Waals surface area contributed by atoms with Gasteiger partial charge in [-0.2, -0.15) is 0 Å². The van der Waals surface area contributed by atoms with Crippen molar-refractivity contribution in [3.63, 3.8) is 0 Å². The number of carbonyl (C=O) groups excluding carboxylic acids is 1. The van der Waals surface area contributed by atoms with Crippen molar-refractivity contribution in [3.05, 3.63) is 0 Å². The fraction of sp³-hybridized carbons (Fsp3) is 0.875. The number of quaternary nitrogens is 1. The zero-order chi connectivity index (χ0) is 7.56. The number of nitrogens with one attached hydrogen (secondary N) is 1. The van der Waals surface area contributed by atoms with Gasteiger partial charge in [-0.1, -0.05) is 0 Å². The molecule has 10 heavy (non-hydrogen) atoms. The van der Waals surface area contributed by atoms with Crippen LogP contribution in [-0.2, 0) is 4.79 Å². The average Bonchev–Trinajstić information content (AvgIpc) is 1.88. The van der Waals surface area contributed by atoms with Crippen LogP contribution in [0, 0.1) is 0 Å². The van der Waals surface area contributed by atoms with E-state index in [1.165, 1.54) is 24.3 Å². The highest BCUT2D eigenvalue weighted by molar-refractivity contribution is 5.79. The first-order chi connectivity index (χ1) is 4.72. The van der Waals surface area contributed by atoms with Crippen molar-refractivity contribution in [2.45, 2.75) is 32.2 Å². The van der Waals surface area contributed by atoms with Crippen LogP contribution in [0.15, 0.2) is 0 Å². The molecule has 1 heterocycles. The molecule has 2 atom stereocenters. The fourth-order valence-corrected chi connectivity index (χ4v) is 1.72. The largest absolute Gasteiger partial charge is 0.329 e. The van der Waals surface area contributed by atoms with E-state index >= 15 is 0 Å². The van der Waals surface area contributed by atoms with Crippen molar-refractivity contribution >= 4 is 5.78 Å². The minimum absolute atomic E-state index is 0.300. The lowest BCUT2D eigenvalue weighted by atomic mass is 10.0. The average molecular weight is 142 g/mol. The molecule has 0 aromatic heterocycles. The SMILES string of the molecule is CC(=O)C1CCCC[NH+]1C. The molecule has 58 valence electrons. The molecular weight excluding hydrogens is 126 g/mol. The van der Waals surface area contributed by atoms with Gasteiger partial charge < -0.3 is 4.90 Å². The second-order valence-electron chi connectivity index (χ2n) is 3.26. The lowest BCUT2D eigenvalue weighted by Gasteiger charge is -2.26. The van der Waals surface area contributed by atoms with Gasteiger partial charge in [0, 0.05) is 13.3 Å². The third kappa shape index (κ3) is 1.57. The van der Waals surface area contributed by atoms with Gasteiger partial charge in [-0.25, -0.2) is 0 Å². The van der Waals surface area contributed by atoms with E-state index in [9.17, 15) is 4.79 Å². The molecule has 1 rings (SSSR count). The Balaban J connectivity index is 2.47. The van der Waals surface area contributed by atoms with Gasteiger partial charge in [-0.15, -0.1) is 0 Å². The van der Waals surface area contributed by atoms with E-state index in [4.69, 9.17) is 0 Å². The van der Waals surface area contributed by atoms with Gasteiger partial charge in [0.15, 0.2) is 5.78 Å². The summed E-state index contributed by atoms with van der Waals surface area (Å²) in [4.78, 5) is 12.4. The second kappa shape index (κ2) is 3.15. The van der Waals surface area contributed by atoms with Crippen LogP contribution < -0.4 is 4.90 Å². The maximum atomic E-state index is 11.0. The number of Topliss-reactive ketones (excluding diaryl/α,β-unsaturated/α-hetero) is 1. The van der Waals surface area contributed by atoms with Crippen LogP contribution in [0.2, 0.25) is 0 Å². The molecule has 0 bridgehead atoms. The number of ketones is 1. The molecule has 2 unspecified atom stereocenters. The predicted molar refractivity (Wildman–Crippen MR) is 40.1 cm³/mol. The Hall–Kier alpha value is -0.370. The number of carbonyl (C=O) groups is 1. The normalized spacial score (nSPS) is 33.8. The molecule has 0 aromatic rings. The lowest BCUT2D eigenvalue weighted by molar-refractivity contribution is -0.901. The Morgan fingerprint density at radius 1 is 1.50 bits per heavy atom. The minimum Gasteiger partial charge on any atom is -0.329 e. The summed E-state index contributed by atoms with van der Waals surface area (Å²) in [5, 5.41) is 0. The summed E-state index contributed by atoms with van der Waals surface area (Å²) in [7, 11) is 2.12. The minimum atomic E-state index is 0.300. The van der Waals surface area contributed by atoms with Gasteiger partial charge >= 0.3 is 0 Å². The summed E-state index contributed by atoms with van der Waals surface area (Å²) >= 11 is 0. The van der Waals surface area contributed by atoms with Crippen molar-refractivity contribution in [3.8, 4) is 0 Å². The Labute approximate surface area is 62.2 Å². The van der Waals surface area contributed by atoms with Crippen LogP contribution in [0.5, 0.6) is 0 Å². The number of piperidine rings is 1. The van der Waals surface area contributed by atoms with E-state index in [0.29, 0.717) is 11.8 Å². The molecule has 1 fully saturated rings. The Morgan fingerprint density at radius 2 is 2.20 bits per heavy atom. The first-order valence-corrected chi connectivity index (χ1v) is 4.04. The monoisotopic (exact) mass is 142 g/mol. The summed E-state index contributed by atoms with van der Waals surface area (Å²) in [6, 6.07) is 0.300. The zero-order valence-electron chi connectivity index (χ0n) is 6.81. The summed E-state index contributed by atoms with van der Waals surface area (Å²) < 4.78 is 0. The fourth-order valence-electron chi connectivity index (χ4n) is 1.72. The molecule has 1 aliphatic heterocycles. The van der Waals surface area contributed by atoms with Crippen LogP contribution in [0.3, 0.4) is 0 Å². The number of likely N-dealkylation sites (tertiary alicyclic amines) is 1. The van der Waals surface area contributed by atoms with E-state index in [2.05, 4.69) is 7.05 Å². The maximum absolute atomic E-state index is 11.0. The Morgan fingerprint density at radius 3 is 2.60 bits per heavy atom. The van der Waals surface area contributed by atoms with Crippen molar-refractivity contribution in [1.82, 2.24) is 0 Å². The molecule has 1 aliphatic rings. The van der Waals surface area contributed by atoms with Crippen LogP contribution in [0.1, 0.15) is 26.2 Å². The van der Waals surface area contributed by atoms with E-state index in [1.807, 2.05) is 0 Å². The van der Waals surface area contributed by atoms with Gasteiger partial charge in [-0.3, -0.25) is 4.79 Å². The van der Waals surface area contributed by atoms with Gasteiger partial charge in [0.2, 0.25) is 0 Å². The number of rotatable bonds is 1. The first-order valence-electron chi connectivity index (χ1n) is 4.04. The number of likely N-dealkylation sites (N-methyl/N-ethyl adjacent to an activating group) is 1. The summed E-state index contributed by atoms with van der Waals surface area (Å²) in [6.07, 6.45) is 3.62. The maximum Gasteiger partial charge on any atom is 0.186 e. The van der Waals surface area contributed by atoms with Crippen LogP contribution in [0.4, 0.5) is 0 Å². The smallest absolute Gasteiger partial charge is 0.186 e. The zero-order valence-corrected chi connectivity index (χ0v) is 6.81. The highest BCUT2D eigenvalue weighted by atomic mass is 16.1. The number of hydrogen-bond donors (Lipinski definition) is 1. The molecule has 2 nitrogen and oxygen atoms in total. The molecule has 0 saturated carbocycles. The summed E-state index contributed by atoms with van der Waals surface area (Å²) in [5.41, 5.74) is 0.